The number of thiophene rings is 1. The average Bonchev–Trinajstić information content (AvgIpc) is 2.84. The number of guanidine groups is 2. The first kappa shape index (κ1) is 12.9. The Kier molecular flexibility index (Phi) is 3.56. The van der Waals surface area contributed by atoms with E-state index in [4.69, 9.17) is 0 Å². The summed E-state index contributed by atoms with van der Waals surface area (Å²) in [5, 5.41) is 4.18. The van der Waals surface area contributed by atoms with Crippen LogP contribution in [0.25, 0.3) is 0 Å². The van der Waals surface area contributed by atoms with Gasteiger partial charge in [0.05, 0.1) is 5.69 Å². The highest BCUT2D eigenvalue weighted by Gasteiger charge is 2.24. The summed E-state index contributed by atoms with van der Waals surface area (Å²) in [5.41, 5.74) is 1.15. The fourth-order valence-electron chi connectivity index (χ4n) is 1.92. The molecule has 98 valence electrons. The Morgan fingerprint density at radius 2 is 1.89 bits per heavy atom. The van der Waals surface area contributed by atoms with Crippen molar-refractivity contribution >= 4 is 28.9 Å². The van der Waals surface area contributed by atoms with Crippen LogP contribution in [0.5, 0.6) is 0 Å². The van der Waals surface area contributed by atoms with Crippen molar-refractivity contribution in [2.75, 3.05) is 33.1 Å². The number of hydrogen-bond acceptors (Lipinski definition) is 6. The molecule has 0 saturated carbocycles. The lowest BCUT2D eigenvalue weighted by Crippen LogP contribution is -2.51. The second kappa shape index (κ2) is 4.97. The average molecular weight is 265 g/mol. The molecule has 0 saturated heterocycles. The molecule has 0 N–H and O–H groups in total. The van der Waals surface area contributed by atoms with Gasteiger partial charge in [-0.3, -0.25) is 4.90 Å². The predicted molar refractivity (Wildman–Crippen MR) is 78.5 cm³/mol. The number of hydrogen-bond donors (Lipinski definition) is 0. The first-order valence-corrected chi connectivity index (χ1v) is 6.77. The summed E-state index contributed by atoms with van der Waals surface area (Å²) >= 11 is 1.69. The quantitative estimate of drug-likeness (QED) is 0.776. The minimum absolute atomic E-state index is 0.0466. The molecule has 1 aliphatic heterocycles. The van der Waals surface area contributed by atoms with E-state index in [2.05, 4.69) is 31.7 Å². The predicted octanol–water partition coefficient (Wildman–Crippen LogP) is 1.75. The van der Waals surface area contributed by atoms with Gasteiger partial charge in [0.2, 0.25) is 11.9 Å². The van der Waals surface area contributed by atoms with Crippen LogP contribution < -0.4 is 4.90 Å². The maximum atomic E-state index is 4.61. The highest BCUT2D eigenvalue weighted by atomic mass is 32.1. The van der Waals surface area contributed by atoms with Crippen molar-refractivity contribution in [2.45, 2.75) is 13.1 Å². The van der Waals surface area contributed by atoms with Crippen LogP contribution in [0.4, 0.5) is 5.69 Å². The van der Waals surface area contributed by atoms with Gasteiger partial charge < -0.3 is 9.80 Å². The maximum absolute atomic E-state index is 4.61. The van der Waals surface area contributed by atoms with E-state index in [0.717, 1.165) is 17.6 Å². The summed E-state index contributed by atoms with van der Waals surface area (Å²) in [4.78, 5) is 15.3. The zero-order chi connectivity index (χ0) is 13.3. The van der Waals surface area contributed by atoms with Gasteiger partial charge in [0.1, 0.15) is 6.17 Å². The van der Waals surface area contributed by atoms with E-state index < -0.39 is 0 Å². The van der Waals surface area contributed by atoms with Crippen LogP contribution >= 0.6 is 11.3 Å². The minimum atomic E-state index is -0.0466. The van der Waals surface area contributed by atoms with E-state index >= 15 is 0 Å². The molecular formula is C12H19N5S. The van der Waals surface area contributed by atoms with Gasteiger partial charge in [-0.15, -0.1) is 0 Å². The third kappa shape index (κ3) is 2.33. The Bertz CT molecular complexity index is 463. The van der Waals surface area contributed by atoms with Crippen LogP contribution in [-0.2, 0) is 0 Å². The molecule has 18 heavy (non-hydrogen) atoms. The Hall–Kier alpha value is -1.56. The van der Waals surface area contributed by atoms with Gasteiger partial charge in [-0.2, -0.15) is 11.3 Å². The Morgan fingerprint density at radius 3 is 2.44 bits per heavy atom. The lowest BCUT2D eigenvalue weighted by Gasteiger charge is -2.35. The summed E-state index contributed by atoms with van der Waals surface area (Å²) in [5.74, 6) is 1.84. The SMILES string of the molecule is CC1N=C(N(C)C)N(C)C(N(C)c2ccsc2)=N1. The van der Waals surface area contributed by atoms with E-state index in [9.17, 15) is 0 Å². The molecule has 0 aliphatic carbocycles. The molecule has 5 nitrogen and oxygen atoms in total. The van der Waals surface area contributed by atoms with Crippen LogP contribution in [0.1, 0.15) is 6.92 Å². The summed E-state index contributed by atoms with van der Waals surface area (Å²) < 4.78 is 0. The van der Waals surface area contributed by atoms with E-state index in [1.807, 2.05) is 44.9 Å². The van der Waals surface area contributed by atoms with Crippen molar-refractivity contribution in [3.05, 3.63) is 16.8 Å². The third-order valence-corrected chi connectivity index (χ3v) is 3.47. The van der Waals surface area contributed by atoms with Gasteiger partial charge in [0.25, 0.3) is 0 Å². The number of anilines is 1. The third-order valence-electron chi connectivity index (χ3n) is 2.80. The van der Waals surface area contributed by atoms with Gasteiger partial charge in [0, 0.05) is 33.6 Å². The molecule has 1 atom stereocenters. The molecule has 0 radical (unpaired) electrons. The van der Waals surface area contributed by atoms with Crippen molar-refractivity contribution in [3.63, 3.8) is 0 Å². The Morgan fingerprint density at radius 1 is 1.22 bits per heavy atom. The Labute approximate surface area is 112 Å². The topological polar surface area (TPSA) is 34.4 Å². The second-order valence-corrected chi connectivity index (χ2v) is 5.26. The summed E-state index contributed by atoms with van der Waals surface area (Å²) in [6.07, 6.45) is -0.0466. The van der Waals surface area contributed by atoms with Gasteiger partial charge in [-0.25, -0.2) is 9.98 Å². The van der Waals surface area contributed by atoms with Crippen molar-refractivity contribution in [3.8, 4) is 0 Å². The Balaban J connectivity index is 2.28. The number of rotatable bonds is 1. The molecule has 2 heterocycles. The monoisotopic (exact) mass is 265 g/mol. The van der Waals surface area contributed by atoms with Crippen LogP contribution in [0.15, 0.2) is 26.8 Å². The highest BCUT2D eigenvalue weighted by molar-refractivity contribution is 7.08. The smallest absolute Gasteiger partial charge is 0.209 e. The van der Waals surface area contributed by atoms with Crippen LogP contribution in [0, 0.1) is 0 Å². The summed E-state index contributed by atoms with van der Waals surface area (Å²) in [7, 11) is 8.01. The minimum Gasteiger partial charge on any atom is -0.349 e. The molecule has 2 rings (SSSR count). The van der Waals surface area contributed by atoms with Crippen LogP contribution in [0.3, 0.4) is 0 Å². The van der Waals surface area contributed by atoms with Gasteiger partial charge in [-0.1, -0.05) is 0 Å². The van der Waals surface area contributed by atoms with Crippen molar-refractivity contribution in [1.29, 1.82) is 0 Å². The zero-order valence-electron chi connectivity index (χ0n) is 11.5. The zero-order valence-corrected chi connectivity index (χ0v) is 12.3. The molecule has 1 aliphatic rings. The summed E-state index contributed by atoms with van der Waals surface area (Å²) in [6, 6.07) is 2.09. The molecule has 1 aromatic rings. The molecule has 1 unspecified atom stereocenters. The fraction of sp³-hybridized carbons (Fsp3) is 0.500. The summed E-state index contributed by atoms with van der Waals surface area (Å²) in [6.45, 7) is 2.00. The maximum Gasteiger partial charge on any atom is 0.209 e. The second-order valence-electron chi connectivity index (χ2n) is 4.48. The van der Waals surface area contributed by atoms with E-state index in [-0.39, 0.29) is 6.17 Å². The molecule has 6 heteroatoms. The van der Waals surface area contributed by atoms with Crippen molar-refractivity contribution in [1.82, 2.24) is 9.80 Å². The van der Waals surface area contributed by atoms with E-state index in [1.165, 1.54) is 0 Å². The molecule has 0 fully saturated rings. The first-order chi connectivity index (χ1) is 8.50. The molecule has 0 aromatic carbocycles. The van der Waals surface area contributed by atoms with Crippen molar-refractivity contribution in [2.24, 2.45) is 9.98 Å². The van der Waals surface area contributed by atoms with Gasteiger partial charge in [-0.05, 0) is 18.4 Å². The lowest BCUT2D eigenvalue weighted by molar-refractivity contribution is 0.499. The van der Waals surface area contributed by atoms with Gasteiger partial charge in [0.15, 0.2) is 0 Å². The number of nitrogens with zero attached hydrogens (tertiary/aromatic N) is 5. The van der Waals surface area contributed by atoms with Crippen LogP contribution in [-0.4, -0.2) is 56.1 Å². The molecule has 0 amide bonds. The molecule has 0 bridgehead atoms. The standard InChI is InChI=1S/C12H19N5S/c1-9-13-11(15(2)3)17(5)12(14-9)16(4)10-6-7-18-8-10/h6-9H,1-5H3. The van der Waals surface area contributed by atoms with E-state index in [1.54, 1.807) is 11.3 Å². The molecule has 1 aromatic heterocycles. The van der Waals surface area contributed by atoms with Crippen molar-refractivity contribution < 1.29 is 0 Å². The van der Waals surface area contributed by atoms with Crippen LogP contribution in [0.2, 0.25) is 0 Å². The molecular weight excluding hydrogens is 246 g/mol. The molecule has 0 spiro atoms. The van der Waals surface area contributed by atoms with E-state index in [0.29, 0.717) is 0 Å². The largest absolute Gasteiger partial charge is 0.349 e. The first-order valence-electron chi connectivity index (χ1n) is 5.83. The number of aliphatic imine (C=N–C) groups is 2. The lowest BCUT2D eigenvalue weighted by atomic mass is 10.4. The highest BCUT2D eigenvalue weighted by Crippen LogP contribution is 2.20. The normalized spacial score (nSPS) is 19.4. The van der Waals surface area contributed by atoms with Gasteiger partial charge >= 0.3 is 0 Å². The fourth-order valence-corrected chi connectivity index (χ4v) is 2.59.